The number of hydrogen-bond acceptors (Lipinski definition) is 5. The van der Waals surface area contributed by atoms with Crippen LogP contribution < -0.4 is 0 Å². The molecule has 4 rings (SSSR count). The highest BCUT2D eigenvalue weighted by molar-refractivity contribution is 5.89. The van der Waals surface area contributed by atoms with Crippen LogP contribution in [-0.4, -0.2) is 36.4 Å². The summed E-state index contributed by atoms with van der Waals surface area (Å²) in [7, 11) is 0. The molecule has 0 unspecified atom stereocenters. The minimum Gasteiger partial charge on any atom is -0.343 e. The number of hydrogen-bond donors (Lipinski definition) is 0. The van der Waals surface area contributed by atoms with Crippen molar-refractivity contribution in [3.05, 3.63) is 0 Å². The van der Waals surface area contributed by atoms with E-state index in [0.717, 1.165) is 12.8 Å². The third-order valence-corrected chi connectivity index (χ3v) is 3.74. The molecular weight excluding hydrogens is 184 g/mol. The first-order valence-corrected chi connectivity index (χ1v) is 5.03. The molecule has 1 aliphatic carbocycles. The zero-order valence-corrected chi connectivity index (χ0v) is 7.55. The average Bonchev–Trinajstić information content (AvgIpc) is 2.68. The quantitative estimate of drug-likeness (QED) is 0.557. The zero-order valence-electron chi connectivity index (χ0n) is 7.55. The fourth-order valence-electron chi connectivity index (χ4n) is 2.85. The molecule has 2 saturated heterocycles. The molecule has 0 N–H and O–H groups in total. The monoisotopic (exact) mass is 194 g/mol. The van der Waals surface area contributed by atoms with E-state index >= 15 is 0 Å². The molecule has 0 aromatic heterocycles. The lowest BCUT2D eigenvalue weighted by atomic mass is 9.83. The van der Waals surface area contributed by atoms with E-state index in [-0.39, 0.29) is 29.4 Å². The van der Waals surface area contributed by atoms with Crippen LogP contribution in [0, 0.1) is 5.92 Å². The third kappa shape index (κ3) is 0.685. The van der Waals surface area contributed by atoms with Crippen molar-refractivity contribution >= 4 is 5.78 Å². The van der Waals surface area contributed by atoms with E-state index in [4.69, 9.17) is 9.47 Å². The first-order valence-electron chi connectivity index (χ1n) is 5.03. The Hall–Kier alpha value is -0.810. The zero-order chi connectivity index (χ0) is 9.34. The number of nitrogens with zero attached hydrogens (tertiary/aromatic N) is 2. The first-order chi connectivity index (χ1) is 6.80. The van der Waals surface area contributed by atoms with Gasteiger partial charge < -0.3 is 9.47 Å². The number of Topliss-reactive ketones (excluding diaryl/α,β-unsaturated/α-hetero) is 1. The summed E-state index contributed by atoms with van der Waals surface area (Å²) in [5.74, 6) is 0.130. The maximum atomic E-state index is 11.8. The highest BCUT2D eigenvalue weighted by Crippen LogP contribution is 2.56. The molecule has 0 aromatic carbocycles. The molecule has 0 aromatic rings. The normalized spacial score (nSPS) is 51.3. The Kier molecular flexibility index (Phi) is 1.10. The second kappa shape index (κ2) is 2.06. The number of carbonyl (C=O) groups is 1. The summed E-state index contributed by atoms with van der Waals surface area (Å²) in [5.41, 5.74) is -0.0519. The largest absolute Gasteiger partial charge is 0.343 e. The van der Waals surface area contributed by atoms with Gasteiger partial charge in [0, 0.05) is 5.92 Å². The van der Waals surface area contributed by atoms with Gasteiger partial charge in [-0.25, -0.2) is 0 Å². The number of rotatable bonds is 0. The molecule has 74 valence electrons. The van der Waals surface area contributed by atoms with Crippen molar-refractivity contribution in [1.29, 1.82) is 0 Å². The van der Waals surface area contributed by atoms with Gasteiger partial charge in [-0.15, -0.1) is 0 Å². The van der Waals surface area contributed by atoms with E-state index in [0.29, 0.717) is 6.61 Å². The molecule has 4 aliphatic rings. The van der Waals surface area contributed by atoms with Crippen LogP contribution >= 0.6 is 0 Å². The van der Waals surface area contributed by atoms with Gasteiger partial charge in [0.25, 0.3) is 0 Å². The summed E-state index contributed by atoms with van der Waals surface area (Å²) in [5, 5.41) is 8.37. The molecule has 5 nitrogen and oxygen atoms in total. The van der Waals surface area contributed by atoms with Crippen LogP contribution in [0.5, 0.6) is 0 Å². The van der Waals surface area contributed by atoms with E-state index < -0.39 is 6.29 Å². The molecule has 1 saturated carbocycles. The lowest BCUT2D eigenvalue weighted by Crippen LogP contribution is -2.48. The van der Waals surface area contributed by atoms with Gasteiger partial charge in [0.05, 0.1) is 18.2 Å². The maximum absolute atomic E-state index is 11.8. The Bertz CT molecular complexity index is 350. The molecule has 5 heteroatoms. The van der Waals surface area contributed by atoms with Crippen LogP contribution in [0.3, 0.4) is 0 Å². The number of ether oxygens (including phenoxy) is 2. The predicted molar refractivity (Wildman–Crippen MR) is 43.7 cm³/mol. The van der Waals surface area contributed by atoms with Crippen molar-refractivity contribution < 1.29 is 14.3 Å². The van der Waals surface area contributed by atoms with E-state index in [9.17, 15) is 4.79 Å². The Morgan fingerprint density at radius 1 is 1.43 bits per heavy atom. The van der Waals surface area contributed by atoms with E-state index in [1.165, 1.54) is 0 Å². The highest BCUT2D eigenvalue weighted by atomic mass is 16.7. The molecule has 0 amide bonds. The van der Waals surface area contributed by atoms with Crippen molar-refractivity contribution in [2.24, 2.45) is 16.1 Å². The molecule has 14 heavy (non-hydrogen) atoms. The van der Waals surface area contributed by atoms with Gasteiger partial charge in [0.1, 0.15) is 6.04 Å². The SMILES string of the molecule is O=C1[C@@H]2OC[C@@H](O2)[C@@H]2[C@H]1N=NC21CC1. The standard InChI is InChI=1S/C9H10N2O3/c12-7-6-5(4-3-13-8(7)14-4)9(1-2-9)11-10-6/h4-6,8H,1-3H2/t4-,5-,6-,8-/m1/s1. The predicted octanol–water partition coefficient (Wildman–Crippen LogP) is 0.294. The van der Waals surface area contributed by atoms with Gasteiger partial charge in [0.15, 0.2) is 0 Å². The molecule has 3 aliphatic heterocycles. The van der Waals surface area contributed by atoms with E-state index in [1.54, 1.807) is 0 Å². The van der Waals surface area contributed by atoms with E-state index in [2.05, 4.69) is 10.2 Å². The summed E-state index contributed by atoms with van der Waals surface area (Å²) in [4.78, 5) is 11.8. The smallest absolute Gasteiger partial charge is 0.220 e. The van der Waals surface area contributed by atoms with Gasteiger partial charge in [-0.3, -0.25) is 4.79 Å². The third-order valence-electron chi connectivity index (χ3n) is 3.74. The highest BCUT2D eigenvalue weighted by Gasteiger charge is 2.66. The average molecular weight is 194 g/mol. The number of ketones is 1. The van der Waals surface area contributed by atoms with Crippen LogP contribution in [0.25, 0.3) is 0 Å². The minimum atomic E-state index is -0.658. The van der Waals surface area contributed by atoms with Gasteiger partial charge >= 0.3 is 0 Å². The minimum absolute atomic E-state index is 0.0312. The Morgan fingerprint density at radius 2 is 2.29 bits per heavy atom. The number of fused-ring (bicyclic) bond motifs is 5. The number of azo groups is 1. The fraction of sp³-hybridized carbons (Fsp3) is 0.889. The Labute approximate surface area is 80.5 Å². The second-order valence-electron chi connectivity index (χ2n) is 4.53. The molecule has 3 fully saturated rings. The van der Waals surface area contributed by atoms with Crippen molar-refractivity contribution in [2.75, 3.05) is 6.61 Å². The summed E-state index contributed by atoms with van der Waals surface area (Å²) in [6.45, 7) is 0.532. The topological polar surface area (TPSA) is 60.2 Å². The number of carbonyl (C=O) groups excluding carboxylic acids is 1. The van der Waals surface area contributed by atoms with Crippen molar-refractivity contribution in [1.82, 2.24) is 0 Å². The fourth-order valence-corrected chi connectivity index (χ4v) is 2.85. The lowest BCUT2D eigenvalue weighted by Gasteiger charge is -2.29. The van der Waals surface area contributed by atoms with Crippen molar-refractivity contribution in [3.63, 3.8) is 0 Å². The summed E-state index contributed by atoms with van der Waals surface area (Å²) < 4.78 is 10.8. The van der Waals surface area contributed by atoms with Gasteiger partial charge in [-0.1, -0.05) is 0 Å². The molecule has 1 spiro atoms. The van der Waals surface area contributed by atoms with Crippen molar-refractivity contribution in [2.45, 2.75) is 36.8 Å². The lowest BCUT2D eigenvalue weighted by molar-refractivity contribution is -0.159. The van der Waals surface area contributed by atoms with Crippen LogP contribution in [0.4, 0.5) is 0 Å². The van der Waals surface area contributed by atoms with Gasteiger partial charge in [-0.05, 0) is 12.8 Å². The van der Waals surface area contributed by atoms with Gasteiger partial charge in [-0.2, -0.15) is 10.2 Å². The van der Waals surface area contributed by atoms with Crippen LogP contribution in [0.15, 0.2) is 10.2 Å². The second-order valence-corrected chi connectivity index (χ2v) is 4.53. The van der Waals surface area contributed by atoms with E-state index in [1.807, 2.05) is 0 Å². The molecule has 2 bridgehead atoms. The summed E-state index contributed by atoms with van der Waals surface area (Å²) >= 11 is 0. The van der Waals surface area contributed by atoms with Crippen LogP contribution in [0.1, 0.15) is 12.8 Å². The molecule has 3 heterocycles. The Morgan fingerprint density at radius 3 is 3.07 bits per heavy atom. The van der Waals surface area contributed by atoms with Crippen LogP contribution in [-0.2, 0) is 14.3 Å². The summed E-state index contributed by atoms with van der Waals surface area (Å²) in [6.07, 6.45) is 1.49. The molecular formula is C9H10N2O3. The maximum Gasteiger partial charge on any atom is 0.220 e. The molecule has 4 atom stereocenters. The first kappa shape index (κ1) is 7.48. The van der Waals surface area contributed by atoms with Gasteiger partial charge in [0.2, 0.25) is 12.1 Å². The van der Waals surface area contributed by atoms with Crippen LogP contribution in [0.2, 0.25) is 0 Å². The Balaban J connectivity index is 1.80. The molecule has 0 radical (unpaired) electrons. The van der Waals surface area contributed by atoms with Crippen molar-refractivity contribution in [3.8, 4) is 0 Å². The summed E-state index contributed by atoms with van der Waals surface area (Å²) in [6, 6.07) is -0.274.